The Morgan fingerprint density at radius 2 is 1.87 bits per heavy atom. The molecule has 4 N–H and O–H groups in total. The predicted octanol–water partition coefficient (Wildman–Crippen LogP) is 1.51. The second kappa shape index (κ2) is 4.93. The van der Waals surface area contributed by atoms with Gasteiger partial charge < -0.3 is 10.7 Å². The van der Waals surface area contributed by atoms with E-state index in [0.717, 1.165) is 5.82 Å². The summed E-state index contributed by atoms with van der Waals surface area (Å²) < 4.78 is 0. The average molecular weight is 207 g/mol. The molecule has 0 aliphatic heterocycles. The summed E-state index contributed by atoms with van der Waals surface area (Å²) in [6.45, 7) is 0. The SMILES string of the molecule is NNc1cc(NC2CCCCC2)ncn1. The molecule has 1 aromatic rings. The Balaban J connectivity index is 1.96. The van der Waals surface area contributed by atoms with Crippen LogP contribution in [0, 0.1) is 0 Å². The minimum Gasteiger partial charge on any atom is -0.367 e. The van der Waals surface area contributed by atoms with Gasteiger partial charge in [0, 0.05) is 12.1 Å². The van der Waals surface area contributed by atoms with Crippen LogP contribution in [0.25, 0.3) is 0 Å². The summed E-state index contributed by atoms with van der Waals surface area (Å²) in [7, 11) is 0. The first-order chi connectivity index (χ1) is 7.38. The Kier molecular flexibility index (Phi) is 3.34. The second-order valence-corrected chi connectivity index (χ2v) is 3.91. The number of anilines is 2. The van der Waals surface area contributed by atoms with Crippen LogP contribution in [-0.2, 0) is 0 Å². The summed E-state index contributed by atoms with van der Waals surface area (Å²) in [6, 6.07) is 2.38. The van der Waals surface area contributed by atoms with Crippen LogP contribution in [0.1, 0.15) is 32.1 Å². The molecule has 15 heavy (non-hydrogen) atoms. The maximum Gasteiger partial charge on any atom is 0.145 e. The second-order valence-electron chi connectivity index (χ2n) is 3.91. The van der Waals surface area contributed by atoms with Crippen molar-refractivity contribution in [3.63, 3.8) is 0 Å². The number of hydrogen-bond donors (Lipinski definition) is 3. The molecule has 0 bridgehead atoms. The van der Waals surface area contributed by atoms with Crippen molar-refractivity contribution in [3.8, 4) is 0 Å². The van der Waals surface area contributed by atoms with Gasteiger partial charge in [-0.25, -0.2) is 15.8 Å². The van der Waals surface area contributed by atoms with Crippen molar-refractivity contribution in [3.05, 3.63) is 12.4 Å². The van der Waals surface area contributed by atoms with Gasteiger partial charge in [0.05, 0.1) is 0 Å². The van der Waals surface area contributed by atoms with Gasteiger partial charge in [-0.1, -0.05) is 19.3 Å². The molecule has 1 aliphatic carbocycles. The van der Waals surface area contributed by atoms with Gasteiger partial charge in [0.15, 0.2) is 0 Å². The number of hydrazine groups is 1. The van der Waals surface area contributed by atoms with Crippen LogP contribution in [-0.4, -0.2) is 16.0 Å². The highest BCUT2D eigenvalue weighted by Crippen LogP contribution is 2.21. The topological polar surface area (TPSA) is 75.9 Å². The lowest BCUT2D eigenvalue weighted by Crippen LogP contribution is -2.23. The maximum atomic E-state index is 5.28. The van der Waals surface area contributed by atoms with Crippen molar-refractivity contribution in [2.24, 2.45) is 5.84 Å². The smallest absolute Gasteiger partial charge is 0.145 e. The summed E-state index contributed by atoms with van der Waals surface area (Å²) >= 11 is 0. The molecule has 5 heteroatoms. The van der Waals surface area contributed by atoms with Crippen LogP contribution in [0.15, 0.2) is 12.4 Å². The highest BCUT2D eigenvalue weighted by Gasteiger charge is 2.13. The van der Waals surface area contributed by atoms with E-state index in [1.165, 1.54) is 38.4 Å². The van der Waals surface area contributed by atoms with Crippen LogP contribution >= 0.6 is 0 Å². The van der Waals surface area contributed by atoms with Crippen LogP contribution in [0.5, 0.6) is 0 Å². The van der Waals surface area contributed by atoms with Crippen LogP contribution < -0.4 is 16.6 Å². The summed E-state index contributed by atoms with van der Waals surface area (Å²) in [5.41, 5.74) is 2.51. The number of nitrogens with one attached hydrogen (secondary N) is 2. The maximum absolute atomic E-state index is 5.28. The largest absolute Gasteiger partial charge is 0.367 e. The summed E-state index contributed by atoms with van der Waals surface area (Å²) in [5.74, 6) is 6.78. The van der Waals surface area contributed by atoms with Crippen molar-refractivity contribution in [2.45, 2.75) is 38.1 Å². The molecule has 0 aromatic carbocycles. The van der Waals surface area contributed by atoms with E-state index in [1.54, 1.807) is 0 Å². The van der Waals surface area contributed by atoms with Gasteiger partial charge in [-0.3, -0.25) is 0 Å². The Labute approximate surface area is 89.5 Å². The summed E-state index contributed by atoms with van der Waals surface area (Å²) in [5, 5.41) is 3.41. The van der Waals surface area contributed by atoms with Crippen LogP contribution in [0.4, 0.5) is 11.6 Å². The Hall–Kier alpha value is -1.36. The first-order valence-electron chi connectivity index (χ1n) is 5.43. The molecule has 1 fully saturated rings. The predicted molar refractivity (Wildman–Crippen MR) is 60.3 cm³/mol. The van der Waals surface area contributed by atoms with Gasteiger partial charge in [0.25, 0.3) is 0 Å². The molecule has 0 amide bonds. The highest BCUT2D eigenvalue weighted by atomic mass is 15.3. The number of aromatic nitrogens is 2. The monoisotopic (exact) mass is 207 g/mol. The molecule has 0 unspecified atom stereocenters. The highest BCUT2D eigenvalue weighted by molar-refractivity contribution is 5.46. The van der Waals surface area contributed by atoms with Crippen LogP contribution in [0.2, 0.25) is 0 Å². The zero-order chi connectivity index (χ0) is 10.5. The van der Waals surface area contributed by atoms with Crippen molar-refractivity contribution in [1.29, 1.82) is 0 Å². The first-order valence-corrected chi connectivity index (χ1v) is 5.43. The third-order valence-corrected chi connectivity index (χ3v) is 2.77. The molecule has 0 saturated heterocycles. The lowest BCUT2D eigenvalue weighted by atomic mass is 9.95. The molecule has 0 spiro atoms. The van der Waals surface area contributed by atoms with E-state index >= 15 is 0 Å². The molecule has 2 rings (SSSR count). The molecule has 0 radical (unpaired) electrons. The molecule has 1 aliphatic rings. The fourth-order valence-corrected chi connectivity index (χ4v) is 1.97. The number of rotatable bonds is 3. The van der Waals surface area contributed by atoms with E-state index in [9.17, 15) is 0 Å². The molecule has 5 nitrogen and oxygen atoms in total. The zero-order valence-corrected chi connectivity index (χ0v) is 8.74. The van der Waals surface area contributed by atoms with Gasteiger partial charge in [0.2, 0.25) is 0 Å². The van der Waals surface area contributed by atoms with E-state index in [1.807, 2.05) is 6.07 Å². The zero-order valence-electron chi connectivity index (χ0n) is 8.74. The normalized spacial score (nSPS) is 17.4. The number of hydrogen-bond acceptors (Lipinski definition) is 5. The number of nitrogens with zero attached hydrogens (tertiary/aromatic N) is 2. The molecule has 1 aromatic heterocycles. The minimum atomic E-state index is 0.555. The van der Waals surface area contributed by atoms with E-state index in [2.05, 4.69) is 20.7 Å². The fourth-order valence-electron chi connectivity index (χ4n) is 1.97. The van der Waals surface area contributed by atoms with Gasteiger partial charge in [-0.05, 0) is 12.8 Å². The summed E-state index contributed by atoms with van der Waals surface area (Å²) in [6.07, 6.45) is 7.96. The van der Waals surface area contributed by atoms with Crippen molar-refractivity contribution in [1.82, 2.24) is 9.97 Å². The first kappa shape index (κ1) is 10.2. The average Bonchev–Trinajstić information content (AvgIpc) is 2.31. The van der Waals surface area contributed by atoms with Crippen molar-refractivity contribution < 1.29 is 0 Å². The molecule has 1 saturated carbocycles. The lowest BCUT2D eigenvalue weighted by molar-refractivity contribution is 0.462. The third kappa shape index (κ3) is 2.79. The summed E-state index contributed by atoms with van der Waals surface area (Å²) in [4.78, 5) is 8.13. The van der Waals surface area contributed by atoms with E-state index < -0.39 is 0 Å². The Morgan fingerprint density at radius 1 is 1.13 bits per heavy atom. The standard InChI is InChI=1S/C10H17N5/c11-15-10-6-9(12-7-13-10)14-8-4-2-1-3-5-8/h6-8H,1-5,11H2,(H2,12,13,14,15). The quantitative estimate of drug-likeness (QED) is 0.517. The fraction of sp³-hybridized carbons (Fsp3) is 0.600. The van der Waals surface area contributed by atoms with Gasteiger partial charge >= 0.3 is 0 Å². The van der Waals surface area contributed by atoms with Crippen molar-refractivity contribution >= 4 is 11.6 Å². The van der Waals surface area contributed by atoms with Gasteiger partial charge in [-0.15, -0.1) is 0 Å². The van der Waals surface area contributed by atoms with E-state index in [-0.39, 0.29) is 0 Å². The minimum absolute atomic E-state index is 0.555. The Bertz CT molecular complexity index is 308. The number of nitrogens with two attached hydrogens (primary N) is 1. The molecule has 1 heterocycles. The Morgan fingerprint density at radius 3 is 2.60 bits per heavy atom. The van der Waals surface area contributed by atoms with Gasteiger partial charge in [-0.2, -0.15) is 0 Å². The van der Waals surface area contributed by atoms with Crippen LogP contribution in [0.3, 0.4) is 0 Å². The third-order valence-electron chi connectivity index (χ3n) is 2.77. The molecule has 0 atom stereocenters. The molecular weight excluding hydrogens is 190 g/mol. The molecule has 82 valence electrons. The molecular formula is C10H17N5. The van der Waals surface area contributed by atoms with Gasteiger partial charge in [0.1, 0.15) is 18.0 Å². The van der Waals surface area contributed by atoms with E-state index in [0.29, 0.717) is 11.9 Å². The lowest BCUT2D eigenvalue weighted by Gasteiger charge is -2.23. The van der Waals surface area contributed by atoms with E-state index in [4.69, 9.17) is 5.84 Å². The number of nitrogen functional groups attached to an aromatic ring is 1. The van der Waals surface area contributed by atoms with Crippen molar-refractivity contribution in [2.75, 3.05) is 10.7 Å².